The fourth-order valence-electron chi connectivity index (χ4n) is 1.96. The predicted molar refractivity (Wildman–Crippen MR) is 75.1 cm³/mol. The second kappa shape index (κ2) is 6.92. The van der Waals surface area contributed by atoms with Crippen molar-refractivity contribution < 1.29 is 4.74 Å². The number of nitrogens with zero attached hydrogens (tertiary/aromatic N) is 3. The molecule has 19 heavy (non-hydrogen) atoms. The fourth-order valence-corrected chi connectivity index (χ4v) is 1.96. The Balaban J connectivity index is 1.71. The number of benzene rings is 1. The van der Waals surface area contributed by atoms with Crippen LogP contribution in [0.15, 0.2) is 36.7 Å². The molecule has 0 aliphatic carbocycles. The smallest absolute Gasteiger partial charge is 0.119 e. The first-order valence-electron chi connectivity index (χ1n) is 6.80. The second-order valence-corrected chi connectivity index (χ2v) is 5.11. The first-order valence-corrected chi connectivity index (χ1v) is 6.80. The fraction of sp³-hybridized carbons (Fsp3) is 0.467. The molecule has 4 nitrogen and oxygen atoms in total. The van der Waals surface area contributed by atoms with Crippen molar-refractivity contribution in [1.29, 1.82) is 0 Å². The van der Waals surface area contributed by atoms with Crippen LogP contribution in [0.5, 0.6) is 5.75 Å². The molecule has 0 spiro atoms. The van der Waals surface area contributed by atoms with E-state index in [1.165, 1.54) is 5.56 Å². The molecule has 0 saturated carbocycles. The average molecular weight is 259 g/mol. The highest BCUT2D eigenvalue weighted by Crippen LogP contribution is 2.15. The zero-order valence-electron chi connectivity index (χ0n) is 11.6. The van der Waals surface area contributed by atoms with Gasteiger partial charge in [-0.05, 0) is 30.0 Å². The van der Waals surface area contributed by atoms with Gasteiger partial charge in [0.25, 0.3) is 0 Å². The molecule has 0 saturated heterocycles. The molecule has 4 heteroatoms. The third-order valence-corrected chi connectivity index (χ3v) is 2.84. The van der Waals surface area contributed by atoms with Gasteiger partial charge in [-0.1, -0.05) is 31.2 Å². The highest BCUT2D eigenvalue weighted by molar-refractivity contribution is 5.27. The summed E-state index contributed by atoms with van der Waals surface area (Å²) in [6.45, 7) is 6.00. The van der Waals surface area contributed by atoms with Crippen LogP contribution in [0.3, 0.4) is 0 Å². The van der Waals surface area contributed by atoms with Crippen molar-refractivity contribution in [2.45, 2.75) is 33.2 Å². The molecule has 0 aliphatic heterocycles. The average Bonchev–Trinajstić information content (AvgIpc) is 2.89. The van der Waals surface area contributed by atoms with Gasteiger partial charge in [-0.15, -0.1) is 5.10 Å². The Hall–Kier alpha value is -1.84. The molecular weight excluding hydrogens is 238 g/mol. The molecule has 1 aromatic heterocycles. The van der Waals surface area contributed by atoms with Gasteiger partial charge in [0.2, 0.25) is 0 Å². The molecule has 0 fully saturated rings. The van der Waals surface area contributed by atoms with E-state index in [0.29, 0.717) is 12.5 Å². The maximum Gasteiger partial charge on any atom is 0.119 e. The zero-order valence-corrected chi connectivity index (χ0v) is 11.6. The van der Waals surface area contributed by atoms with Crippen LogP contribution >= 0.6 is 0 Å². The van der Waals surface area contributed by atoms with Gasteiger partial charge in [-0.25, -0.2) is 0 Å². The van der Waals surface area contributed by atoms with Crippen molar-refractivity contribution in [1.82, 2.24) is 15.0 Å². The number of rotatable bonds is 7. The van der Waals surface area contributed by atoms with Crippen LogP contribution in [0, 0.1) is 5.92 Å². The topological polar surface area (TPSA) is 39.9 Å². The summed E-state index contributed by atoms with van der Waals surface area (Å²) in [5.74, 6) is 1.63. The SMILES string of the molecule is CC(C)Cc1ccc(OCCCn2ccnn2)cc1. The van der Waals surface area contributed by atoms with E-state index in [-0.39, 0.29) is 0 Å². The van der Waals surface area contributed by atoms with Gasteiger partial charge in [-0.2, -0.15) is 0 Å². The monoisotopic (exact) mass is 259 g/mol. The largest absolute Gasteiger partial charge is 0.494 e. The van der Waals surface area contributed by atoms with Crippen molar-refractivity contribution in [3.8, 4) is 5.75 Å². The minimum atomic E-state index is 0.689. The number of aromatic nitrogens is 3. The van der Waals surface area contributed by atoms with Gasteiger partial charge in [0, 0.05) is 19.2 Å². The van der Waals surface area contributed by atoms with Crippen molar-refractivity contribution in [2.75, 3.05) is 6.61 Å². The van der Waals surface area contributed by atoms with E-state index in [9.17, 15) is 0 Å². The number of hydrogen-bond acceptors (Lipinski definition) is 3. The third-order valence-electron chi connectivity index (χ3n) is 2.84. The maximum absolute atomic E-state index is 5.70. The lowest BCUT2D eigenvalue weighted by Crippen LogP contribution is -2.05. The maximum atomic E-state index is 5.70. The van der Waals surface area contributed by atoms with Crippen molar-refractivity contribution >= 4 is 0 Å². The van der Waals surface area contributed by atoms with Gasteiger partial charge in [0.15, 0.2) is 0 Å². The standard InChI is InChI=1S/C15H21N3O/c1-13(2)12-14-4-6-15(7-5-14)19-11-3-9-18-10-8-16-17-18/h4-8,10,13H,3,9,11-12H2,1-2H3. The number of hydrogen-bond donors (Lipinski definition) is 0. The Kier molecular flexibility index (Phi) is 4.95. The van der Waals surface area contributed by atoms with Crippen LogP contribution in [-0.4, -0.2) is 21.6 Å². The lowest BCUT2D eigenvalue weighted by atomic mass is 10.0. The summed E-state index contributed by atoms with van der Waals surface area (Å²) in [6, 6.07) is 8.39. The summed E-state index contributed by atoms with van der Waals surface area (Å²) >= 11 is 0. The van der Waals surface area contributed by atoms with Crippen LogP contribution in [0.4, 0.5) is 0 Å². The molecule has 2 rings (SSSR count). The van der Waals surface area contributed by atoms with E-state index in [1.54, 1.807) is 6.20 Å². The predicted octanol–water partition coefficient (Wildman–Crippen LogP) is 2.95. The van der Waals surface area contributed by atoms with Gasteiger partial charge < -0.3 is 4.74 Å². The number of aryl methyl sites for hydroxylation is 1. The van der Waals surface area contributed by atoms with Crippen LogP contribution in [-0.2, 0) is 13.0 Å². The lowest BCUT2D eigenvalue weighted by molar-refractivity contribution is 0.298. The Morgan fingerprint density at radius 2 is 2.00 bits per heavy atom. The summed E-state index contributed by atoms with van der Waals surface area (Å²) in [5, 5.41) is 7.68. The Morgan fingerprint density at radius 3 is 2.63 bits per heavy atom. The summed E-state index contributed by atoms with van der Waals surface area (Å²) in [4.78, 5) is 0. The highest BCUT2D eigenvalue weighted by atomic mass is 16.5. The molecule has 102 valence electrons. The first kappa shape index (κ1) is 13.6. The molecule has 0 bridgehead atoms. The normalized spacial score (nSPS) is 10.9. The van der Waals surface area contributed by atoms with Crippen LogP contribution in [0.2, 0.25) is 0 Å². The minimum absolute atomic E-state index is 0.689. The molecule has 0 N–H and O–H groups in total. The Bertz CT molecular complexity index is 463. The van der Waals surface area contributed by atoms with Gasteiger partial charge >= 0.3 is 0 Å². The zero-order chi connectivity index (χ0) is 13.5. The van der Waals surface area contributed by atoms with E-state index in [4.69, 9.17) is 4.74 Å². The molecule has 2 aromatic rings. The molecule has 1 heterocycles. The molecule has 0 aliphatic rings. The summed E-state index contributed by atoms with van der Waals surface area (Å²) in [6.07, 6.45) is 5.60. The van der Waals surface area contributed by atoms with Crippen LogP contribution < -0.4 is 4.74 Å². The summed E-state index contributed by atoms with van der Waals surface area (Å²) < 4.78 is 7.52. The molecule has 0 radical (unpaired) electrons. The molecule has 0 unspecified atom stereocenters. The first-order chi connectivity index (χ1) is 9.24. The van der Waals surface area contributed by atoms with Gasteiger partial charge in [-0.3, -0.25) is 4.68 Å². The van der Waals surface area contributed by atoms with E-state index in [2.05, 4.69) is 36.3 Å². The van der Waals surface area contributed by atoms with E-state index in [1.807, 2.05) is 23.0 Å². The van der Waals surface area contributed by atoms with E-state index < -0.39 is 0 Å². The third kappa shape index (κ3) is 4.73. The minimum Gasteiger partial charge on any atom is -0.494 e. The van der Waals surface area contributed by atoms with Crippen LogP contribution in [0.25, 0.3) is 0 Å². The van der Waals surface area contributed by atoms with Gasteiger partial charge in [0.1, 0.15) is 5.75 Å². The van der Waals surface area contributed by atoms with E-state index in [0.717, 1.165) is 25.1 Å². The molecule has 0 amide bonds. The Morgan fingerprint density at radius 1 is 1.21 bits per heavy atom. The molecule has 1 aromatic carbocycles. The van der Waals surface area contributed by atoms with Crippen molar-refractivity contribution in [2.24, 2.45) is 5.92 Å². The highest BCUT2D eigenvalue weighted by Gasteiger charge is 1.99. The Labute approximate surface area is 114 Å². The summed E-state index contributed by atoms with van der Waals surface area (Å²) in [5.41, 5.74) is 1.37. The van der Waals surface area contributed by atoms with Crippen molar-refractivity contribution in [3.63, 3.8) is 0 Å². The number of ether oxygens (including phenoxy) is 1. The summed E-state index contributed by atoms with van der Waals surface area (Å²) in [7, 11) is 0. The van der Waals surface area contributed by atoms with E-state index >= 15 is 0 Å². The molecule has 0 atom stereocenters. The quantitative estimate of drug-likeness (QED) is 0.718. The van der Waals surface area contributed by atoms with Crippen LogP contribution in [0.1, 0.15) is 25.8 Å². The lowest BCUT2D eigenvalue weighted by Gasteiger charge is -2.08. The van der Waals surface area contributed by atoms with Crippen molar-refractivity contribution in [3.05, 3.63) is 42.2 Å². The molecular formula is C15H21N3O. The van der Waals surface area contributed by atoms with Gasteiger partial charge in [0.05, 0.1) is 12.8 Å². The second-order valence-electron chi connectivity index (χ2n) is 5.11.